The van der Waals surface area contributed by atoms with Crippen molar-refractivity contribution in [3.05, 3.63) is 41.7 Å². The third-order valence-corrected chi connectivity index (χ3v) is 3.81. The van der Waals surface area contributed by atoms with Crippen LogP contribution < -0.4 is 10.6 Å². The van der Waals surface area contributed by atoms with Crippen LogP contribution in [0.25, 0.3) is 11.4 Å². The zero-order valence-electron chi connectivity index (χ0n) is 15.3. The molecule has 1 aromatic carbocycles. The number of nitrogens with zero attached hydrogens (tertiary/aromatic N) is 6. The molecule has 0 aliphatic carbocycles. The van der Waals surface area contributed by atoms with Crippen LogP contribution in [0.4, 0.5) is 10.5 Å². The first-order valence-corrected chi connectivity index (χ1v) is 8.33. The van der Waals surface area contributed by atoms with Gasteiger partial charge in [-0.2, -0.15) is 9.90 Å². The molecule has 9 nitrogen and oxygen atoms in total. The number of amides is 2. The lowest BCUT2D eigenvalue weighted by Gasteiger charge is -2.16. The Bertz CT molecular complexity index is 913. The lowest BCUT2D eigenvalue weighted by Crippen LogP contribution is -2.38. The molecular formula is C17H22N8O. The van der Waals surface area contributed by atoms with Crippen LogP contribution >= 0.6 is 0 Å². The summed E-state index contributed by atoms with van der Waals surface area (Å²) in [6.45, 7) is 6.50. The number of tetrazole rings is 1. The molecule has 1 unspecified atom stereocenters. The highest BCUT2D eigenvalue weighted by molar-refractivity contribution is 5.90. The molecule has 0 aliphatic heterocycles. The van der Waals surface area contributed by atoms with Crippen LogP contribution in [0.2, 0.25) is 0 Å². The Morgan fingerprint density at radius 2 is 2.04 bits per heavy atom. The fourth-order valence-electron chi connectivity index (χ4n) is 2.69. The molecule has 2 aromatic heterocycles. The summed E-state index contributed by atoms with van der Waals surface area (Å²) in [5.41, 5.74) is 3.48. The number of urea groups is 1. The molecule has 3 rings (SSSR count). The van der Waals surface area contributed by atoms with E-state index in [2.05, 4.69) is 31.1 Å². The fourth-order valence-corrected chi connectivity index (χ4v) is 2.69. The van der Waals surface area contributed by atoms with Gasteiger partial charge in [-0.15, -0.1) is 10.2 Å². The summed E-state index contributed by atoms with van der Waals surface area (Å²) < 4.78 is 1.89. The number of anilines is 1. The Hall–Kier alpha value is -3.23. The van der Waals surface area contributed by atoms with Gasteiger partial charge in [0.2, 0.25) is 5.82 Å². The van der Waals surface area contributed by atoms with Crippen molar-refractivity contribution in [1.82, 2.24) is 35.3 Å². The third kappa shape index (κ3) is 4.24. The molecule has 0 aliphatic rings. The molecular weight excluding hydrogens is 332 g/mol. The maximum Gasteiger partial charge on any atom is 0.319 e. The maximum absolute atomic E-state index is 12.3. The number of carbonyl (C=O) groups excluding carboxylic acids is 1. The van der Waals surface area contributed by atoms with Crippen molar-refractivity contribution in [2.45, 2.75) is 33.4 Å². The lowest BCUT2D eigenvalue weighted by atomic mass is 10.2. The second-order valence-corrected chi connectivity index (χ2v) is 6.29. The number of nitrogens with one attached hydrogen (secondary N) is 2. The summed E-state index contributed by atoms with van der Waals surface area (Å²) >= 11 is 0. The summed E-state index contributed by atoms with van der Waals surface area (Å²) in [5.74, 6) is 0.509. The highest BCUT2D eigenvalue weighted by Crippen LogP contribution is 2.18. The van der Waals surface area contributed by atoms with Crippen molar-refractivity contribution in [2.24, 2.45) is 7.05 Å². The van der Waals surface area contributed by atoms with Gasteiger partial charge in [-0.1, -0.05) is 12.1 Å². The van der Waals surface area contributed by atoms with E-state index in [1.54, 1.807) is 7.05 Å². The first kappa shape index (κ1) is 17.6. The average Bonchev–Trinajstić information content (AvgIpc) is 3.13. The van der Waals surface area contributed by atoms with Gasteiger partial charge in [0.05, 0.1) is 19.3 Å². The van der Waals surface area contributed by atoms with Crippen LogP contribution in [-0.4, -0.2) is 42.1 Å². The molecule has 0 radical (unpaired) electrons. The van der Waals surface area contributed by atoms with Crippen molar-refractivity contribution in [3.8, 4) is 11.4 Å². The highest BCUT2D eigenvalue weighted by Gasteiger charge is 2.11. The van der Waals surface area contributed by atoms with Crippen LogP contribution in [0.5, 0.6) is 0 Å². The van der Waals surface area contributed by atoms with Crippen molar-refractivity contribution >= 4 is 11.7 Å². The van der Waals surface area contributed by atoms with Gasteiger partial charge in [0.1, 0.15) is 0 Å². The van der Waals surface area contributed by atoms with E-state index in [-0.39, 0.29) is 12.1 Å². The summed E-state index contributed by atoms with van der Waals surface area (Å²) in [6.07, 6.45) is 0. The number of aromatic nitrogens is 6. The van der Waals surface area contributed by atoms with E-state index >= 15 is 0 Å². The SMILES string of the molecule is Cc1cc(C)n(CC(C)NC(=O)Nc2cccc(-c3nnn(C)n3)c2)n1. The molecule has 0 saturated carbocycles. The second kappa shape index (κ2) is 7.34. The van der Waals surface area contributed by atoms with E-state index in [4.69, 9.17) is 0 Å². The normalized spacial score (nSPS) is 12.0. The number of rotatable bonds is 5. The van der Waals surface area contributed by atoms with Crippen molar-refractivity contribution < 1.29 is 4.79 Å². The molecule has 1 atom stereocenters. The van der Waals surface area contributed by atoms with Crippen LogP contribution in [0.1, 0.15) is 18.3 Å². The molecule has 26 heavy (non-hydrogen) atoms. The number of hydrogen-bond donors (Lipinski definition) is 2. The van der Waals surface area contributed by atoms with Gasteiger partial charge in [-0.3, -0.25) is 4.68 Å². The Labute approximate surface area is 151 Å². The summed E-state index contributed by atoms with van der Waals surface area (Å²) in [7, 11) is 1.70. The molecule has 0 bridgehead atoms. The first-order chi connectivity index (χ1) is 12.4. The fraction of sp³-hybridized carbons (Fsp3) is 0.353. The van der Waals surface area contributed by atoms with E-state index in [1.807, 2.05) is 55.8 Å². The number of benzene rings is 1. The van der Waals surface area contributed by atoms with Gasteiger partial charge in [-0.25, -0.2) is 4.79 Å². The molecule has 2 N–H and O–H groups in total. The number of hydrogen-bond acceptors (Lipinski definition) is 5. The van der Waals surface area contributed by atoms with E-state index in [1.165, 1.54) is 4.80 Å². The van der Waals surface area contributed by atoms with E-state index in [0.717, 1.165) is 17.0 Å². The van der Waals surface area contributed by atoms with E-state index in [9.17, 15) is 4.79 Å². The average molecular weight is 354 g/mol. The van der Waals surface area contributed by atoms with Crippen LogP contribution in [0, 0.1) is 13.8 Å². The number of aryl methyl sites for hydroxylation is 3. The van der Waals surface area contributed by atoms with Crippen LogP contribution in [0.15, 0.2) is 30.3 Å². The molecule has 2 heterocycles. The Morgan fingerprint density at radius 3 is 2.69 bits per heavy atom. The molecule has 3 aromatic rings. The molecule has 0 saturated heterocycles. The van der Waals surface area contributed by atoms with Gasteiger partial charge in [0.15, 0.2) is 0 Å². The predicted molar refractivity (Wildman–Crippen MR) is 97.6 cm³/mol. The van der Waals surface area contributed by atoms with Crippen LogP contribution in [0.3, 0.4) is 0 Å². The minimum absolute atomic E-state index is 0.0714. The first-order valence-electron chi connectivity index (χ1n) is 8.33. The van der Waals surface area contributed by atoms with Gasteiger partial charge >= 0.3 is 6.03 Å². The van der Waals surface area contributed by atoms with Gasteiger partial charge in [-0.05, 0) is 44.2 Å². The monoisotopic (exact) mass is 354 g/mol. The Morgan fingerprint density at radius 1 is 1.23 bits per heavy atom. The summed E-state index contributed by atoms with van der Waals surface area (Å²) in [4.78, 5) is 13.6. The smallest absolute Gasteiger partial charge is 0.319 e. The maximum atomic E-state index is 12.3. The zero-order chi connectivity index (χ0) is 18.7. The molecule has 0 fully saturated rings. The van der Waals surface area contributed by atoms with Gasteiger partial charge in [0, 0.05) is 23.0 Å². The van der Waals surface area contributed by atoms with Crippen molar-refractivity contribution in [1.29, 1.82) is 0 Å². The van der Waals surface area contributed by atoms with Crippen molar-refractivity contribution in [3.63, 3.8) is 0 Å². The largest absolute Gasteiger partial charge is 0.334 e. The minimum atomic E-state index is -0.275. The molecule has 9 heteroatoms. The molecule has 0 spiro atoms. The summed E-state index contributed by atoms with van der Waals surface area (Å²) in [5, 5.41) is 22.1. The zero-order valence-corrected chi connectivity index (χ0v) is 15.3. The Kier molecular flexibility index (Phi) is 4.97. The van der Waals surface area contributed by atoms with Crippen LogP contribution in [-0.2, 0) is 13.6 Å². The van der Waals surface area contributed by atoms with Crippen molar-refractivity contribution in [2.75, 3.05) is 5.32 Å². The third-order valence-electron chi connectivity index (χ3n) is 3.81. The Balaban J connectivity index is 1.60. The minimum Gasteiger partial charge on any atom is -0.334 e. The molecule has 2 amide bonds. The lowest BCUT2D eigenvalue weighted by molar-refractivity contribution is 0.247. The standard InChI is InChI=1S/C17H22N8O/c1-11-8-13(3)25(21-11)10-12(2)18-17(26)19-15-7-5-6-14(9-15)16-20-23-24(4)22-16/h5-9,12H,10H2,1-4H3,(H2,18,19,26). The summed E-state index contributed by atoms with van der Waals surface area (Å²) in [6, 6.07) is 8.99. The van der Waals surface area contributed by atoms with Gasteiger partial charge in [0.25, 0.3) is 0 Å². The quantitative estimate of drug-likeness (QED) is 0.728. The number of carbonyl (C=O) groups is 1. The van der Waals surface area contributed by atoms with E-state index in [0.29, 0.717) is 18.1 Å². The second-order valence-electron chi connectivity index (χ2n) is 6.29. The molecule has 136 valence electrons. The highest BCUT2D eigenvalue weighted by atomic mass is 16.2. The van der Waals surface area contributed by atoms with E-state index < -0.39 is 0 Å². The topological polar surface area (TPSA) is 103 Å². The van der Waals surface area contributed by atoms with Gasteiger partial charge < -0.3 is 10.6 Å². The predicted octanol–water partition coefficient (Wildman–Crippen LogP) is 1.90.